The summed E-state index contributed by atoms with van der Waals surface area (Å²) in [5, 5.41) is 3.03. The number of carbonyl (C=O) groups excluding carboxylic acids is 1. The smallest absolute Gasteiger partial charge is 0.237 e. The molecule has 0 aliphatic carbocycles. The van der Waals surface area contributed by atoms with Crippen molar-refractivity contribution >= 4 is 5.91 Å². The van der Waals surface area contributed by atoms with Gasteiger partial charge in [0.2, 0.25) is 5.91 Å². The Morgan fingerprint density at radius 2 is 1.50 bits per heavy atom. The molecule has 120 valence electrons. The summed E-state index contributed by atoms with van der Waals surface area (Å²) in [6, 6.07) is 0. The van der Waals surface area contributed by atoms with E-state index in [1.165, 1.54) is 0 Å². The number of unbranched alkanes of at least 4 members (excludes halogenated alkanes) is 1. The van der Waals surface area contributed by atoms with Crippen LogP contribution in [-0.4, -0.2) is 57.6 Å². The van der Waals surface area contributed by atoms with Gasteiger partial charge in [0.1, 0.15) is 0 Å². The highest BCUT2D eigenvalue weighted by Crippen LogP contribution is 1.98. The first-order valence-electron chi connectivity index (χ1n) is 7.29. The van der Waals surface area contributed by atoms with Gasteiger partial charge in [0, 0.05) is 13.2 Å². The van der Waals surface area contributed by atoms with Crippen LogP contribution in [0.4, 0.5) is 0 Å². The fourth-order valence-corrected chi connectivity index (χ4v) is 1.31. The summed E-state index contributed by atoms with van der Waals surface area (Å²) in [6.07, 6.45) is 2.24. The standard InChI is InChI=1S/C14H30N2O4/c1-4-5-7-18-9-11-20-12-10-19-8-6-16-14(2,3)13(15)17/h16H,4-12H2,1-3H3,(H2,15,17). The molecule has 0 radical (unpaired) electrons. The van der Waals surface area contributed by atoms with Gasteiger partial charge in [-0.25, -0.2) is 0 Å². The zero-order valence-electron chi connectivity index (χ0n) is 13.1. The maximum atomic E-state index is 11.0. The van der Waals surface area contributed by atoms with Gasteiger partial charge in [0.25, 0.3) is 0 Å². The zero-order valence-corrected chi connectivity index (χ0v) is 13.1. The molecule has 20 heavy (non-hydrogen) atoms. The number of nitrogens with one attached hydrogen (secondary N) is 1. The molecular formula is C14H30N2O4. The molecule has 0 unspecified atom stereocenters. The van der Waals surface area contributed by atoms with Crippen LogP contribution in [0.2, 0.25) is 0 Å². The van der Waals surface area contributed by atoms with E-state index in [0.717, 1.165) is 19.4 Å². The third-order valence-corrected chi connectivity index (χ3v) is 2.82. The lowest BCUT2D eigenvalue weighted by Gasteiger charge is -2.22. The number of nitrogens with two attached hydrogens (primary N) is 1. The van der Waals surface area contributed by atoms with Crippen LogP contribution in [0.1, 0.15) is 33.6 Å². The van der Waals surface area contributed by atoms with Crippen molar-refractivity contribution in [3.8, 4) is 0 Å². The topological polar surface area (TPSA) is 82.8 Å². The van der Waals surface area contributed by atoms with E-state index in [-0.39, 0.29) is 5.91 Å². The van der Waals surface area contributed by atoms with Crippen molar-refractivity contribution in [1.29, 1.82) is 0 Å². The summed E-state index contributed by atoms with van der Waals surface area (Å²) < 4.78 is 16.1. The molecule has 0 aromatic heterocycles. The van der Waals surface area contributed by atoms with Crippen LogP contribution < -0.4 is 11.1 Å². The van der Waals surface area contributed by atoms with Gasteiger partial charge in [0.15, 0.2) is 0 Å². The number of carbonyl (C=O) groups is 1. The average molecular weight is 290 g/mol. The highest BCUT2D eigenvalue weighted by atomic mass is 16.5. The summed E-state index contributed by atoms with van der Waals surface area (Å²) in [5.41, 5.74) is 4.54. The molecule has 0 rings (SSSR count). The molecule has 3 N–H and O–H groups in total. The predicted octanol–water partition coefficient (Wildman–Crippen LogP) is 0.690. The van der Waals surface area contributed by atoms with E-state index in [9.17, 15) is 4.79 Å². The number of primary amides is 1. The number of hydrogen-bond acceptors (Lipinski definition) is 5. The van der Waals surface area contributed by atoms with Gasteiger partial charge in [-0.3, -0.25) is 4.79 Å². The molecule has 0 saturated carbocycles. The molecule has 0 aliphatic rings. The van der Waals surface area contributed by atoms with Crippen molar-refractivity contribution in [2.24, 2.45) is 5.73 Å². The molecule has 0 saturated heterocycles. The van der Waals surface area contributed by atoms with Gasteiger partial charge in [-0.05, 0) is 20.3 Å². The van der Waals surface area contributed by atoms with Crippen molar-refractivity contribution in [3.05, 3.63) is 0 Å². The van der Waals surface area contributed by atoms with Gasteiger partial charge in [0.05, 0.1) is 38.6 Å². The van der Waals surface area contributed by atoms with E-state index in [4.69, 9.17) is 19.9 Å². The normalized spacial score (nSPS) is 11.8. The Kier molecular flexibility index (Phi) is 11.7. The van der Waals surface area contributed by atoms with Gasteiger partial charge in [-0.1, -0.05) is 13.3 Å². The van der Waals surface area contributed by atoms with E-state index in [1.54, 1.807) is 13.8 Å². The predicted molar refractivity (Wildman–Crippen MR) is 78.6 cm³/mol. The minimum absolute atomic E-state index is 0.371. The molecule has 1 amide bonds. The van der Waals surface area contributed by atoms with Crippen molar-refractivity contribution < 1.29 is 19.0 Å². The lowest BCUT2D eigenvalue weighted by molar-refractivity contribution is -0.123. The van der Waals surface area contributed by atoms with Crippen LogP contribution in [-0.2, 0) is 19.0 Å². The molecule has 0 heterocycles. The lowest BCUT2D eigenvalue weighted by Crippen LogP contribution is -2.51. The van der Waals surface area contributed by atoms with Gasteiger partial charge < -0.3 is 25.3 Å². The first-order valence-corrected chi connectivity index (χ1v) is 7.29. The quantitative estimate of drug-likeness (QED) is 0.460. The molecule has 6 nitrogen and oxygen atoms in total. The summed E-state index contributed by atoms with van der Waals surface area (Å²) in [4.78, 5) is 11.0. The molecule has 0 aromatic carbocycles. The van der Waals surface area contributed by atoms with Crippen LogP contribution in [0.15, 0.2) is 0 Å². The first kappa shape index (κ1) is 19.3. The molecular weight excluding hydrogens is 260 g/mol. The molecule has 0 aliphatic heterocycles. The fourth-order valence-electron chi connectivity index (χ4n) is 1.31. The SMILES string of the molecule is CCCCOCCOCCOCCNC(C)(C)C(N)=O. The highest BCUT2D eigenvalue weighted by Gasteiger charge is 2.23. The largest absolute Gasteiger partial charge is 0.379 e. The maximum Gasteiger partial charge on any atom is 0.237 e. The maximum absolute atomic E-state index is 11.0. The Morgan fingerprint density at radius 1 is 1.00 bits per heavy atom. The van der Waals surface area contributed by atoms with Crippen molar-refractivity contribution in [2.45, 2.75) is 39.2 Å². The van der Waals surface area contributed by atoms with E-state index in [2.05, 4.69) is 12.2 Å². The number of ether oxygens (including phenoxy) is 3. The van der Waals surface area contributed by atoms with E-state index in [0.29, 0.717) is 39.6 Å². The van der Waals surface area contributed by atoms with Crippen LogP contribution in [0.5, 0.6) is 0 Å². The van der Waals surface area contributed by atoms with Gasteiger partial charge >= 0.3 is 0 Å². The van der Waals surface area contributed by atoms with Crippen LogP contribution in [0, 0.1) is 0 Å². The molecule has 0 bridgehead atoms. The van der Waals surface area contributed by atoms with E-state index in [1.807, 2.05) is 0 Å². The number of rotatable bonds is 14. The van der Waals surface area contributed by atoms with E-state index < -0.39 is 5.54 Å². The summed E-state index contributed by atoms with van der Waals surface area (Å²) >= 11 is 0. The Labute approximate surface area is 122 Å². The fraction of sp³-hybridized carbons (Fsp3) is 0.929. The third-order valence-electron chi connectivity index (χ3n) is 2.82. The molecule has 0 atom stereocenters. The Hall–Kier alpha value is -0.690. The second-order valence-corrected chi connectivity index (χ2v) is 5.11. The summed E-state index contributed by atoms with van der Waals surface area (Å²) in [7, 11) is 0. The zero-order chi connectivity index (χ0) is 15.3. The Morgan fingerprint density at radius 3 is 2.00 bits per heavy atom. The molecule has 6 heteroatoms. The average Bonchev–Trinajstić information content (AvgIpc) is 2.39. The summed E-state index contributed by atoms with van der Waals surface area (Å²) in [6.45, 7) is 9.85. The lowest BCUT2D eigenvalue weighted by atomic mass is 10.1. The first-order chi connectivity index (χ1) is 9.50. The second-order valence-electron chi connectivity index (χ2n) is 5.11. The second kappa shape index (κ2) is 12.1. The van der Waals surface area contributed by atoms with Gasteiger partial charge in [-0.15, -0.1) is 0 Å². The minimum atomic E-state index is -0.699. The van der Waals surface area contributed by atoms with Crippen LogP contribution in [0.25, 0.3) is 0 Å². The molecule has 0 fully saturated rings. The van der Waals surface area contributed by atoms with E-state index >= 15 is 0 Å². The van der Waals surface area contributed by atoms with Crippen molar-refractivity contribution in [2.75, 3.05) is 46.2 Å². The highest BCUT2D eigenvalue weighted by molar-refractivity contribution is 5.83. The molecule has 0 aromatic rings. The Balaban J connectivity index is 3.19. The minimum Gasteiger partial charge on any atom is -0.379 e. The number of amides is 1. The Bertz CT molecular complexity index is 247. The number of hydrogen-bond donors (Lipinski definition) is 2. The summed E-state index contributed by atoms with van der Waals surface area (Å²) in [5.74, 6) is -0.371. The third kappa shape index (κ3) is 11.2. The molecule has 0 spiro atoms. The monoisotopic (exact) mass is 290 g/mol. The van der Waals surface area contributed by atoms with Crippen LogP contribution in [0.3, 0.4) is 0 Å². The van der Waals surface area contributed by atoms with Crippen LogP contribution >= 0.6 is 0 Å². The van der Waals surface area contributed by atoms with Gasteiger partial charge in [-0.2, -0.15) is 0 Å². The van der Waals surface area contributed by atoms with Crippen molar-refractivity contribution in [3.63, 3.8) is 0 Å². The van der Waals surface area contributed by atoms with Crippen molar-refractivity contribution in [1.82, 2.24) is 5.32 Å².